The molecule has 0 atom stereocenters. The monoisotopic (exact) mass is 514 g/mol. The van der Waals surface area contributed by atoms with E-state index in [0.29, 0.717) is 24.2 Å². The van der Waals surface area contributed by atoms with E-state index in [0.717, 1.165) is 31.6 Å². The van der Waals surface area contributed by atoms with E-state index >= 15 is 0 Å². The maximum atomic E-state index is 14.1. The molecule has 1 amide bonds. The SMILES string of the molecule is CS(=O)(=O)Nc1ccc(CCNC(=O)C=Cc2ccc(C(F)(F)F)nc2N2CCCCC2)cc1F. The summed E-state index contributed by atoms with van der Waals surface area (Å²) >= 11 is 0. The number of carbonyl (C=O) groups is 1. The van der Waals surface area contributed by atoms with Crippen LogP contribution in [-0.4, -0.2) is 45.2 Å². The average molecular weight is 515 g/mol. The van der Waals surface area contributed by atoms with Gasteiger partial charge in [-0.05, 0) is 61.6 Å². The Morgan fingerprint density at radius 3 is 2.49 bits per heavy atom. The number of benzene rings is 1. The van der Waals surface area contributed by atoms with Crippen molar-refractivity contribution in [2.45, 2.75) is 31.9 Å². The number of piperidine rings is 1. The number of nitrogens with one attached hydrogen (secondary N) is 2. The molecule has 7 nitrogen and oxygen atoms in total. The van der Waals surface area contributed by atoms with E-state index in [1.807, 2.05) is 0 Å². The van der Waals surface area contributed by atoms with Crippen LogP contribution in [0, 0.1) is 5.82 Å². The average Bonchev–Trinajstić information content (AvgIpc) is 2.78. The van der Waals surface area contributed by atoms with Gasteiger partial charge in [0.2, 0.25) is 15.9 Å². The summed E-state index contributed by atoms with van der Waals surface area (Å²) in [6.07, 6.45) is 2.00. The van der Waals surface area contributed by atoms with E-state index in [4.69, 9.17) is 0 Å². The first-order chi connectivity index (χ1) is 16.4. The molecule has 0 saturated carbocycles. The number of hydrogen-bond donors (Lipinski definition) is 2. The lowest BCUT2D eigenvalue weighted by Crippen LogP contribution is -2.31. The number of anilines is 2. The second-order valence-electron chi connectivity index (χ2n) is 8.22. The Kier molecular flexibility index (Phi) is 8.36. The van der Waals surface area contributed by atoms with Crippen LogP contribution in [0.15, 0.2) is 36.4 Å². The van der Waals surface area contributed by atoms with Crippen LogP contribution >= 0.6 is 0 Å². The Morgan fingerprint density at radius 1 is 1.14 bits per heavy atom. The highest BCUT2D eigenvalue weighted by Crippen LogP contribution is 2.32. The van der Waals surface area contributed by atoms with Crippen molar-refractivity contribution < 1.29 is 30.8 Å². The third-order valence-electron chi connectivity index (χ3n) is 5.31. The van der Waals surface area contributed by atoms with Gasteiger partial charge in [-0.15, -0.1) is 0 Å². The van der Waals surface area contributed by atoms with Gasteiger partial charge in [-0.25, -0.2) is 17.8 Å². The van der Waals surface area contributed by atoms with Crippen LogP contribution in [0.4, 0.5) is 29.1 Å². The third kappa shape index (κ3) is 7.94. The fourth-order valence-electron chi connectivity index (χ4n) is 3.66. The lowest BCUT2D eigenvalue weighted by Gasteiger charge is -2.29. The first-order valence-electron chi connectivity index (χ1n) is 11.0. The summed E-state index contributed by atoms with van der Waals surface area (Å²) in [4.78, 5) is 17.9. The molecule has 190 valence electrons. The lowest BCUT2D eigenvalue weighted by atomic mass is 10.1. The Bertz CT molecular complexity index is 1190. The molecule has 0 spiro atoms. The van der Waals surface area contributed by atoms with Crippen molar-refractivity contribution in [3.63, 3.8) is 0 Å². The summed E-state index contributed by atoms with van der Waals surface area (Å²) in [5, 5.41) is 2.63. The van der Waals surface area contributed by atoms with Crippen LogP contribution in [0.3, 0.4) is 0 Å². The minimum Gasteiger partial charge on any atom is -0.356 e. The lowest BCUT2D eigenvalue weighted by molar-refractivity contribution is -0.141. The molecule has 12 heteroatoms. The van der Waals surface area contributed by atoms with E-state index in [1.165, 1.54) is 36.4 Å². The van der Waals surface area contributed by atoms with Crippen molar-refractivity contribution in [1.82, 2.24) is 10.3 Å². The summed E-state index contributed by atoms with van der Waals surface area (Å²) in [5.41, 5.74) is -0.196. The van der Waals surface area contributed by atoms with Gasteiger partial charge in [-0.3, -0.25) is 9.52 Å². The highest BCUT2D eigenvalue weighted by atomic mass is 32.2. The molecule has 0 unspecified atom stereocenters. The second kappa shape index (κ2) is 11.1. The number of halogens is 4. The van der Waals surface area contributed by atoms with Crippen molar-refractivity contribution in [3.8, 4) is 0 Å². The maximum absolute atomic E-state index is 14.1. The van der Waals surface area contributed by atoms with Crippen molar-refractivity contribution in [1.29, 1.82) is 0 Å². The number of carbonyl (C=O) groups excluding carboxylic acids is 1. The molecule has 0 bridgehead atoms. The van der Waals surface area contributed by atoms with E-state index < -0.39 is 33.6 Å². The van der Waals surface area contributed by atoms with Crippen molar-refractivity contribution >= 4 is 33.5 Å². The van der Waals surface area contributed by atoms with Crippen LogP contribution in [0.25, 0.3) is 6.08 Å². The van der Waals surface area contributed by atoms with Crippen molar-refractivity contribution in [3.05, 3.63) is 59.0 Å². The number of rotatable bonds is 8. The third-order valence-corrected chi connectivity index (χ3v) is 5.90. The smallest absolute Gasteiger partial charge is 0.356 e. The van der Waals surface area contributed by atoms with Crippen LogP contribution in [0.2, 0.25) is 0 Å². The van der Waals surface area contributed by atoms with Gasteiger partial charge in [0, 0.05) is 31.3 Å². The quantitative estimate of drug-likeness (QED) is 0.411. The molecule has 1 saturated heterocycles. The van der Waals surface area contributed by atoms with Crippen LogP contribution in [0.1, 0.15) is 36.1 Å². The van der Waals surface area contributed by atoms with Gasteiger partial charge < -0.3 is 10.2 Å². The summed E-state index contributed by atoms with van der Waals surface area (Å²) in [6, 6.07) is 6.21. The van der Waals surface area contributed by atoms with E-state index in [1.54, 1.807) is 4.90 Å². The topological polar surface area (TPSA) is 91.4 Å². The molecule has 0 aliphatic carbocycles. The first-order valence-corrected chi connectivity index (χ1v) is 12.9. The maximum Gasteiger partial charge on any atom is 0.433 e. The summed E-state index contributed by atoms with van der Waals surface area (Å²) < 4.78 is 78.1. The molecule has 1 aromatic carbocycles. The summed E-state index contributed by atoms with van der Waals surface area (Å²) in [6.45, 7) is 1.36. The first kappa shape index (κ1) is 26.5. The van der Waals surface area contributed by atoms with E-state index in [2.05, 4.69) is 15.0 Å². The fourth-order valence-corrected chi connectivity index (χ4v) is 4.22. The second-order valence-corrected chi connectivity index (χ2v) is 9.97. The molecule has 1 fully saturated rings. The van der Waals surface area contributed by atoms with Gasteiger partial charge in [-0.1, -0.05) is 6.07 Å². The number of amides is 1. The molecule has 1 aliphatic rings. The number of pyridine rings is 1. The molecule has 2 heterocycles. The molecule has 2 aromatic rings. The Labute approximate surface area is 201 Å². The minimum absolute atomic E-state index is 0.169. The zero-order chi connectivity index (χ0) is 25.6. The number of alkyl halides is 3. The summed E-state index contributed by atoms with van der Waals surface area (Å²) in [7, 11) is -3.61. The van der Waals surface area contributed by atoms with Gasteiger partial charge >= 0.3 is 6.18 Å². The molecule has 3 rings (SSSR count). The predicted octanol–water partition coefficient (Wildman–Crippen LogP) is 3.97. The standard InChI is InChI=1S/C23H26F4N4O3S/c1-35(33,34)30-19-8-5-16(15-18(19)24)11-12-28-21(32)10-7-17-6-9-20(23(25,26)27)29-22(17)31-13-3-2-4-14-31/h5-10,15,30H,2-4,11-14H2,1H3,(H,28,32). The number of sulfonamides is 1. The number of aromatic nitrogens is 1. The van der Waals surface area contributed by atoms with Crippen molar-refractivity contribution in [2.24, 2.45) is 0 Å². The van der Waals surface area contributed by atoms with Crippen molar-refractivity contribution in [2.75, 3.05) is 35.5 Å². The molecule has 2 N–H and O–H groups in total. The predicted molar refractivity (Wildman–Crippen MR) is 126 cm³/mol. The van der Waals surface area contributed by atoms with Gasteiger partial charge in [0.1, 0.15) is 17.3 Å². The Balaban J connectivity index is 1.63. The largest absolute Gasteiger partial charge is 0.433 e. The number of nitrogens with zero attached hydrogens (tertiary/aromatic N) is 2. The number of hydrogen-bond acceptors (Lipinski definition) is 5. The molecule has 0 radical (unpaired) electrons. The summed E-state index contributed by atoms with van der Waals surface area (Å²) in [5.74, 6) is -1.01. The van der Waals surface area contributed by atoms with Gasteiger partial charge in [0.15, 0.2) is 0 Å². The molecule has 1 aliphatic heterocycles. The molecule has 35 heavy (non-hydrogen) atoms. The Hall–Kier alpha value is -3.15. The molecular weight excluding hydrogens is 488 g/mol. The molecular formula is C23H26F4N4O3S. The zero-order valence-corrected chi connectivity index (χ0v) is 19.8. The normalized spacial score (nSPS) is 14.8. The van der Waals surface area contributed by atoms with Crippen LogP contribution < -0.4 is 14.9 Å². The fraction of sp³-hybridized carbons (Fsp3) is 0.391. The van der Waals surface area contributed by atoms with Gasteiger partial charge in [-0.2, -0.15) is 13.2 Å². The van der Waals surface area contributed by atoms with E-state index in [-0.39, 0.29) is 24.5 Å². The van der Waals surface area contributed by atoms with Crippen LogP contribution in [0.5, 0.6) is 0 Å². The van der Waals surface area contributed by atoms with E-state index in [9.17, 15) is 30.8 Å². The minimum atomic E-state index is -4.57. The highest BCUT2D eigenvalue weighted by Gasteiger charge is 2.33. The van der Waals surface area contributed by atoms with Gasteiger partial charge in [0.25, 0.3) is 0 Å². The zero-order valence-electron chi connectivity index (χ0n) is 19.0. The van der Waals surface area contributed by atoms with Crippen LogP contribution in [-0.2, 0) is 27.4 Å². The van der Waals surface area contributed by atoms with Gasteiger partial charge in [0.05, 0.1) is 11.9 Å². The molecule has 1 aromatic heterocycles. The highest BCUT2D eigenvalue weighted by molar-refractivity contribution is 7.92. The Morgan fingerprint density at radius 2 is 1.86 bits per heavy atom.